The van der Waals surface area contributed by atoms with Gasteiger partial charge in [0, 0.05) is 23.8 Å². The Bertz CT molecular complexity index is 540. The highest BCUT2D eigenvalue weighted by atomic mass is 35.5. The lowest BCUT2D eigenvalue weighted by Crippen LogP contribution is -2.59. The third-order valence-corrected chi connectivity index (χ3v) is 3.95. The molecule has 1 saturated heterocycles. The minimum Gasteiger partial charge on any atom is -0.447 e. The number of thiocarbonyl (C=S) groups is 1. The molecule has 6 nitrogen and oxygen atoms in total. The fraction of sp³-hybridized carbons (Fsp3) is 0.562. The van der Waals surface area contributed by atoms with Gasteiger partial charge in [-0.25, -0.2) is 0 Å². The smallest absolute Gasteiger partial charge is 0.358 e. The van der Waals surface area contributed by atoms with E-state index in [9.17, 15) is 10.2 Å². The van der Waals surface area contributed by atoms with Gasteiger partial charge in [-0.05, 0) is 37.6 Å². The second kappa shape index (κ2) is 8.94. The second-order valence-corrected chi connectivity index (χ2v) is 6.22. The van der Waals surface area contributed by atoms with Crippen LogP contribution in [0.4, 0.5) is 0 Å². The number of aliphatic hydroxyl groups excluding tert-OH is 2. The molecule has 1 aliphatic rings. The molecule has 1 aromatic carbocycles. The normalized spacial score (nSPS) is 30.0. The number of hydrogen-bond donors (Lipinski definition) is 2. The van der Waals surface area contributed by atoms with Crippen molar-refractivity contribution in [3.63, 3.8) is 0 Å². The van der Waals surface area contributed by atoms with Crippen LogP contribution in [0.25, 0.3) is 0 Å². The molecule has 0 spiro atoms. The van der Waals surface area contributed by atoms with Crippen LogP contribution in [0.2, 0.25) is 5.02 Å². The summed E-state index contributed by atoms with van der Waals surface area (Å²) in [4.78, 5) is 0. The van der Waals surface area contributed by atoms with Crippen LogP contribution < -0.4 is 4.74 Å². The van der Waals surface area contributed by atoms with E-state index in [-0.39, 0.29) is 5.24 Å². The van der Waals surface area contributed by atoms with Crippen molar-refractivity contribution in [2.45, 2.75) is 51.0 Å². The summed E-state index contributed by atoms with van der Waals surface area (Å²) in [5.74, 6) is 0.437. The standard InChI is InChI=1S/C16H21ClO6S/c1-3-8-20-15-13(19)14(12(18)9(2)21-15)23-16(24)22-11-6-4-10(17)5-7-11/h4-7,9,12-15,18-19H,3,8H2,1-2H3/t9-,12-,13+,14+,15+/m0/s1. The highest BCUT2D eigenvalue weighted by Crippen LogP contribution is 2.25. The Kier molecular flexibility index (Phi) is 7.21. The van der Waals surface area contributed by atoms with E-state index in [2.05, 4.69) is 0 Å². The Morgan fingerprint density at radius 3 is 2.54 bits per heavy atom. The molecule has 0 aliphatic carbocycles. The van der Waals surface area contributed by atoms with E-state index in [1.165, 1.54) is 0 Å². The van der Waals surface area contributed by atoms with Gasteiger partial charge in [-0.15, -0.1) is 0 Å². The summed E-state index contributed by atoms with van der Waals surface area (Å²) in [6.07, 6.45) is -4.00. The summed E-state index contributed by atoms with van der Waals surface area (Å²) in [6, 6.07) is 6.55. The molecule has 0 unspecified atom stereocenters. The lowest BCUT2D eigenvalue weighted by molar-refractivity contribution is -0.291. The SMILES string of the molecule is CCCO[C@@H]1O[C@@H](C)[C@H](O)[C@@H](OC(=S)Oc2ccc(Cl)cc2)[C@H]1O. The van der Waals surface area contributed by atoms with E-state index in [4.69, 9.17) is 42.8 Å². The number of rotatable bonds is 5. The lowest BCUT2D eigenvalue weighted by atomic mass is 10.00. The van der Waals surface area contributed by atoms with Crippen LogP contribution in [-0.2, 0) is 14.2 Å². The maximum atomic E-state index is 10.3. The Hall–Kier alpha value is -0.960. The van der Waals surface area contributed by atoms with Crippen LogP contribution in [0.15, 0.2) is 24.3 Å². The number of benzene rings is 1. The number of halogens is 1. The third-order valence-electron chi connectivity index (χ3n) is 3.52. The van der Waals surface area contributed by atoms with Gasteiger partial charge in [0.2, 0.25) is 0 Å². The summed E-state index contributed by atoms with van der Waals surface area (Å²) in [7, 11) is 0. The van der Waals surface area contributed by atoms with Crippen molar-refractivity contribution >= 4 is 29.1 Å². The van der Waals surface area contributed by atoms with Crippen molar-refractivity contribution in [3.8, 4) is 5.75 Å². The van der Waals surface area contributed by atoms with Gasteiger partial charge in [0.05, 0.1) is 6.10 Å². The summed E-state index contributed by atoms with van der Waals surface area (Å²) in [5.41, 5.74) is 0. The molecule has 0 bridgehead atoms. The third kappa shape index (κ3) is 5.02. The Morgan fingerprint density at radius 2 is 1.92 bits per heavy atom. The van der Waals surface area contributed by atoms with Crippen LogP contribution in [0, 0.1) is 0 Å². The first-order valence-electron chi connectivity index (χ1n) is 7.69. The average molecular weight is 377 g/mol. The van der Waals surface area contributed by atoms with Crippen LogP contribution in [-0.4, -0.2) is 52.8 Å². The summed E-state index contributed by atoms with van der Waals surface area (Å²) in [5, 5.41) is 20.9. The Balaban J connectivity index is 1.99. The van der Waals surface area contributed by atoms with E-state index < -0.39 is 30.7 Å². The molecule has 1 aliphatic heterocycles. The molecule has 5 atom stereocenters. The minimum atomic E-state index is -1.20. The second-order valence-electron chi connectivity index (χ2n) is 5.45. The lowest BCUT2D eigenvalue weighted by Gasteiger charge is -2.40. The number of hydrogen-bond acceptors (Lipinski definition) is 7. The van der Waals surface area contributed by atoms with Gasteiger partial charge in [-0.3, -0.25) is 0 Å². The van der Waals surface area contributed by atoms with E-state index in [1.807, 2.05) is 6.92 Å². The molecular formula is C16H21ClO6S. The fourth-order valence-electron chi connectivity index (χ4n) is 2.24. The van der Waals surface area contributed by atoms with Crippen molar-refractivity contribution < 1.29 is 29.2 Å². The van der Waals surface area contributed by atoms with E-state index >= 15 is 0 Å². The number of aliphatic hydroxyl groups is 2. The molecule has 0 amide bonds. The molecule has 24 heavy (non-hydrogen) atoms. The molecule has 134 valence electrons. The first-order chi connectivity index (χ1) is 11.4. The maximum Gasteiger partial charge on any atom is 0.358 e. The zero-order chi connectivity index (χ0) is 17.7. The molecule has 0 radical (unpaired) electrons. The monoisotopic (exact) mass is 376 g/mol. The van der Waals surface area contributed by atoms with Crippen LogP contribution in [0.5, 0.6) is 5.75 Å². The topological polar surface area (TPSA) is 77.4 Å². The van der Waals surface area contributed by atoms with Crippen LogP contribution in [0.3, 0.4) is 0 Å². The highest BCUT2D eigenvalue weighted by Gasteiger charge is 2.45. The largest absolute Gasteiger partial charge is 0.447 e. The minimum absolute atomic E-state index is 0.219. The molecular weight excluding hydrogens is 356 g/mol. The summed E-state index contributed by atoms with van der Waals surface area (Å²) < 4.78 is 21.7. The molecule has 1 heterocycles. The van der Waals surface area contributed by atoms with Gasteiger partial charge in [-0.2, -0.15) is 0 Å². The molecule has 8 heteroatoms. The van der Waals surface area contributed by atoms with E-state index in [0.29, 0.717) is 17.4 Å². The first-order valence-corrected chi connectivity index (χ1v) is 8.48. The van der Waals surface area contributed by atoms with Gasteiger partial charge in [-0.1, -0.05) is 18.5 Å². The van der Waals surface area contributed by atoms with Crippen molar-refractivity contribution in [1.82, 2.24) is 0 Å². The van der Waals surface area contributed by atoms with Crippen molar-refractivity contribution in [3.05, 3.63) is 29.3 Å². The fourth-order valence-corrected chi connectivity index (χ4v) is 2.58. The summed E-state index contributed by atoms with van der Waals surface area (Å²) >= 11 is 10.8. The van der Waals surface area contributed by atoms with Crippen molar-refractivity contribution in [2.75, 3.05) is 6.61 Å². The molecule has 1 aromatic rings. The van der Waals surface area contributed by atoms with Gasteiger partial charge < -0.3 is 29.2 Å². The van der Waals surface area contributed by atoms with Crippen molar-refractivity contribution in [1.29, 1.82) is 0 Å². The van der Waals surface area contributed by atoms with Crippen LogP contribution >= 0.6 is 23.8 Å². The molecule has 2 N–H and O–H groups in total. The maximum absolute atomic E-state index is 10.3. The predicted octanol–water partition coefficient (Wildman–Crippen LogP) is 2.28. The average Bonchev–Trinajstić information content (AvgIpc) is 2.56. The zero-order valence-corrected chi connectivity index (χ0v) is 15.0. The molecule has 0 aromatic heterocycles. The number of ether oxygens (including phenoxy) is 4. The van der Waals surface area contributed by atoms with Gasteiger partial charge in [0.25, 0.3) is 0 Å². The van der Waals surface area contributed by atoms with Crippen molar-refractivity contribution in [2.24, 2.45) is 0 Å². The Labute approximate surface area is 151 Å². The Morgan fingerprint density at radius 1 is 1.25 bits per heavy atom. The zero-order valence-electron chi connectivity index (χ0n) is 13.4. The molecule has 2 rings (SSSR count). The molecule has 0 saturated carbocycles. The van der Waals surface area contributed by atoms with Gasteiger partial charge in [0.15, 0.2) is 12.4 Å². The quantitative estimate of drug-likeness (QED) is 0.763. The predicted molar refractivity (Wildman–Crippen MR) is 92.1 cm³/mol. The summed E-state index contributed by atoms with van der Waals surface area (Å²) in [6.45, 7) is 4.03. The van der Waals surface area contributed by atoms with E-state index in [1.54, 1.807) is 31.2 Å². The molecule has 1 fully saturated rings. The van der Waals surface area contributed by atoms with Gasteiger partial charge in [0.1, 0.15) is 18.0 Å². The van der Waals surface area contributed by atoms with Crippen LogP contribution in [0.1, 0.15) is 20.3 Å². The van der Waals surface area contributed by atoms with Gasteiger partial charge >= 0.3 is 5.24 Å². The highest BCUT2D eigenvalue weighted by molar-refractivity contribution is 7.79. The van der Waals surface area contributed by atoms with E-state index in [0.717, 1.165) is 6.42 Å². The first kappa shape index (κ1) is 19.4.